The van der Waals surface area contributed by atoms with Crippen LogP contribution in [0.15, 0.2) is 59.5 Å². The highest BCUT2D eigenvalue weighted by Gasteiger charge is 2.26. The molecule has 0 saturated carbocycles. The molecular formula is C22H23N3O5. The van der Waals surface area contributed by atoms with E-state index in [0.717, 1.165) is 0 Å². The number of hydrogen-bond acceptors (Lipinski definition) is 6. The first-order chi connectivity index (χ1) is 14.3. The van der Waals surface area contributed by atoms with Gasteiger partial charge >= 0.3 is 11.8 Å². The lowest BCUT2D eigenvalue weighted by Crippen LogP contribution is -2.49. The Balaban J connectivity index is 1.66. The number of benzene rings is 2. The summed E-state index contributed by atoms with van der Waals surface area (Å²) in [6, 6.07) is 11.8. The monoisotopic (exact) mass is 409 g/mol. The molecule has 0 fully saturated rings. The van der Waals surface area contributed by atoms with E-state index in [4.69, 9.17) is 9.15 Å². The fourth-order valence-electron chi connectivity index (χ4n) is 3.05. The molecule has 8 nitrogen and oxygen atoms in total. The average Bonchev–Trinajstić information content (AvgIpc) is 3.23. The van der Waals surface area contributed by atoms with Gasteiger partial charge in [-0.05, 0) is 44.0 Å². The number of oxazole rings is 1. The van der Waals surface area contributed by atoms with Crippen LogP contribution >= 0.6 is 0 Å². The highest BCUT2D eigenvalue weighted by atomic mass is 16.5. The average molecular weight is 409 g/mol. The van der Waals surface area contributed by atoms with Crippen LogP contribution in [0.5, 0.6) is 11.5 Å². The van der Waals surface area contributed by atoms with Gasteiger partial charge in [0, 0.05) is 17.3 Å². The number of ether oxygens (including phenoxy) is 1. The Morgan fingerprint density at radius 2 is 1.93 bits per heavy atom. The Bertz CT molecular complexity index is 1040. The molecule has 0 atom stereocenters. The molecule has 3 aromatic rings. The van der Waals surface area contributed by atoms with Crippen molar-refractivity contribution in [1.29, 1.82) is 0 Å². The first-order valence-corrected chi connectivity index (χ1v) is 9.26. The topological polar surface area (TPSA) is 114 Å². The number of aromatic nitrogens is 1. The minimum atomic E-state index is -0.810. The zero-order valence-corrected chi connectivity index (χ0v) is 16.9. The van der Waals surface area contributed by atoms with Gasteiger partial charge in [0.25, 0.3) is 0 Å². The second-order valence-corrected chi connectivity index (χ2v) is 7.38. The van der Waals surface area contributed by atoms with Crippen LogP contribution in [0.4, 0.5) is 5.69 Å². The van der Waals surface area contributed by atoms with E-state index >= 15 is 0 Å². The van der Waals surface area contributed by atoms with Crippen LogP contribution in [0.1, 0.15) is 19.4 Å². The highest BCUT2D eigenvalue weighted by molar-refractivity contribution is 6.39. The quantitative estimate of drug-likeness (QED) is 0.539. The maximum absolute atomic E-state index is 12.4. The second kappa shape index (κ2) is 8.69. The van der Waals surface area contributed by atoms with Gasteiger partial charge in [-0.1, -0.05) is 18.2 Å². The first-order valence-electron chi connectivity index (χ1n) is 9.26. The number of aromatic hydroxyl groups is 1. The highest BCUT2D eigenvalue weighted by Crippen LogP contribution is 2.32. The zero-order valence-electron chi connectivity index (χ0n) is 16.9. The molecule has 0 aliphatic carbocycles. The summed E-state index contributed by atoms with van der Waals surface area (Å²) in [5, 5.41) is 15.2. The third kappa shape index (κ3) is 4.96. The Labute approximate surface area is 173 Å². The molecule has 2 aromatic carbocycles. The van der Waals surface area contributed by atoms with Crippen molar-refractivity contribution in [3.8, 4) is 22.8 Å². The lowest BCUT2D eigenvalue weighted by molar-refractivity contribution is -0.137. The molecule has 30 heavy (non-hydrogen) atoms. The summed E-state index contributed by atoms with van der Waals surface area (Å²) < 4.78 is 10.6. The smallest absolute Gasteiger partial charge is 0.313 e. The fourth-order valence-corrected chi connectivity index (χ4v) is 3.05. The Kier molecular flexibility index (Phi) is 6.06. The predicted octanol–water partition coefficient (Wildman–Crippen LogP) is 3.13. The van der Waals surface area contributed by atoms with E-state index in [1.165, 1.54) is 13.5 Å². The Morgan fingerprint density at radius 1 is 1.17 bits per heavy atom. The number of nitrogens with zero attached hydrogens (tertiary/aromatic N) is 1. The third-order valence-electron chi connectivity index (χ3n) is 4.44. The SMILES string of the molecule is COc1cc(NC(=O)C(=O)NC(C)(C)Cc2ccccc2O)ccc1-c1cnco1. The molecular weight excluding hydrogens is 386 g/mol. The standard InChI is InChI=1S/C22H23N3O5/c1-22(2,11-14-6-4-5-7-17(14)26)25-21(28)20(27)24-15-8-9-16(18(10-15)29-3)19-12-23-13-30-19/h4-10,12-13,26H,11H2,1-3H3,(H,24,27)(H,25,28). The Hall–Kier alpha value is -3.81. The van der Waals surface area contributed by atoms with Crippen molar-refractivity contribution < 1.29 is 23.8 Å². The van der Waals surface area contributed by atoms with Gasteiger partial charge in [-0.15, -0.1) is 0 Å². The number of para-hydroxylation sites is 1. The molecule has 3 rings (SSSR count). The fraction of sp³-hybridized carbons (Fsp3) is 0.227. The van der Waals surface area contributed by atoms with Gasteiger partial charge < -0.3 is 24.9 Å². The number of hydrogen-bond donors (Lipinski definition) is 3. The predicted molar refractivity (Wildman–Crippen MR) is 111 cm³/mol. The maximum Gasteiger partial charge on any atom is 0.313 e. The number of rotatable bonds is 6. The van der Waals surface area contributed by atoms with Crippen molar-refractivity contribution in [2.24, 2.45) is 0 Å². The number of carbonyl (C=O) groups excluding carboxylic acids is 2. The van der Waals surface area contributed by atoms with Crippen molar-refractivity contribution >= 4 is 17.5 Å². The van der Waals surface area contributed by atoms with E-state index in [1.807, 2.05) is 0 Å². The van der Waals surface area contributed by atoms with Crippen LogP contribution in [0.3, 0.4) is 0 Å². The van der Waals surface area contributed by atoms with Gasteiger partial charge in [0.2, 0.25) is 0 Å². The van der Waals surface area contributed by atoms with Crippen molar-refractivity contribution in [3.05, 3.63) is 60.6 Å². The molecule has 8 heteroatoms. The molecule has 1 aromatic heterocycles. The molecule has 2 amide bonds. The molecule has 0 aliphatic rings. The number of methoxy groups -OCH3 is 1. The normalized spacial score (nSPS) is 11.0. The summed E-state index contributed by atoms with van der Waals surface area (Å²) in [7, 11) is 1.50. The van der Waals surface area contributed by atoms with Gasteiger partial charge in [0.15, 0.2) is 12.2 Å². The number of anilines is 1. The molecule has 0 spiro atoms. The molecule has 0 bridgehead atoms. The summed E-state index contributed by atoms with van der Waals surface area (Å²) in [4.78, 5) is 28.7. The van der Waals surface area contributed by atoms with Crippen LogP contribution in [-0.4, -0.2) is 34.6 Å². The van der Waals surface area contributed by atoms with E-state index in [0.29, 0.717) is 34.7 Å². The van der Waals surface area contributed by atoms with Crippen molar-refractivity contribution in [2.75, 3.05) is 12.4 Å². The maximum atomic E-state index is 12.4. The van der Waals surface area contributed by atoms with Crippen LogP contribution < -0.4 is 15.4 Å². The van der Waals surface area contributed by atoms with E-state index < -0.39 is 17.4 Å². The Morgan fingerprint density at radius 3 is 2.60 bits per heavy atom. The van der Waals surface area contributed by atoms with Gasteiger partial charge in [-0.3, -0.25) is 9.59 Å². The van der Waals surface area contributed by atoms with Gasteiger partial charge in [-0.2, -0.15) is 0 Å². The molecule has 0 aliphatic heterocycles. The van der Waals surface area contributed by atoms with E-state index in [9.17, 15) is 14.7 Å². The van der Waals surface area contributed by atoms with Gasteiger partial charge in [0.05, 0.1) is 18.9 Å². The van der Waals surface area contributed by atoms with Gasteiger partial charge in [-0.25, -0.2) is 4.98 Å². The summed E-state index contributed by atoms with van der Waals surface area (Å²) >= 11 is 0. The third-order valence-corrected chi connectivity index (χ3v) is 4.44. The summed E-state index contributed by atoms with van der Waals surface area (Å²) in [6.45, 7) is 3.56. The minimum Gasteiger partial charge on any atom is -0.508 e. The lowest BCUT2D eigenvalue weighted by atomic mass is 9.94. The molecule has 3 N–H and O–H groups in total. The largest absolute Gasteiger partial charge is 0.508 e. The summed E-state index contributed by atoms with van der Waals surface area (Å²) in [5.74, 6) is -0.468. The van der Waals surface area contributed by atoms with Crippen LogP contribution in [-0.2, 0) is 16.0 Å². The zero-order chi connectivity index (χ0) is 21.7. The summed E-state index contributed by atoms with van der Waals surface area (Å²) in [6.07, 6.45) is 3.22. The molecule has 1 heterocycles. The number of phenolic OH excluding ortho intramolecular Hbond substituents is 1. The first kappa shape index (κ1) is 20.9. The lowest BCUT2D eigenvalue weighted by Gasteiger charge is -2.26. The molecule has 0 radical (unpaired) electrons. The molecule has 156 valence electrons. The van der Waals surface area contributed by atoms with E-state index in [-0.39, 0.29) is 5.75 Å². The van der Waals surface area contributed by atoms with Crippen LogP contribution in [0, 0.1) is 0 Å². The number of nitrogens with one attached hydrogen (secondary N) is 2. The number of amides is 2. The molecule has 0 saturated heterocycles. The van der Waals surface area contributed by atoms with Crippen molar-refractivity contribution in [1.82, 2.24) is 10.3 Å². The summed E-state index contributed by atoms with van der Waals surface area (Å²) in [5.41, 5.74) is 0.993. The van der Waals surface area contributed by atoms with Crippen LogP contribution in [0.2, 0.25) is 0 Å². The van der Waals surface area contributed by atoms with Crippen molar-refractivity contribution in [2.45, 2.75) is 25.8 Å². The van der Waals surface area contributed by atoms with Crippen molar-refractivity contribution in [3.63, 3.8) is 0 Å². The second-order valence-electron chi connectivity index (χ2n) is 7.38. The van der Waals surface area contributed by atoms with Crippen LogP contribution in [0.25, 0.3) is 11.3 Å². The van der Waals surface area contributed by atoms with E-state index in [1.54, 1.807) is 62.5 Å². The van der Waals surface area contributed by atoms with Gasteiger partial charge in [0.1, 0.15) is 11.5 Å². The number of phenols is 1. The minimum absolute atomic E-state index is 0.142. The number of carbonyl (C=O) groups is 2. The molecule has 0 unspecified atom stereocenters. The van der Waals surface area contributed by atoms with E-state index in [2.05, 4.69) is 15.6 Å².